The summed E-state index contributed by atoms with van der Waals surface area (Å²) >= 11 is 0. The highest BCUT2D eigenvalue weighted by Gasteiger charge is 2.17. The molecule has 0 aliphatic carbocycles. The Kier molecular flexibility index (Phi) is 2.00. The van der Waals surface area contributed by atoms with Gasteiger partial charge in [-0.1, -0.05) is 0 Å². The van der Waals surface area contributed by atoms with Crippen LogP contribution in [-0.4, -0.2) is 26.8 Å². The van der Waals surface area contributed by atoms with Crippen molar-refractivity contribution in [2.75, 3.05) is 6.61 Å². The van der Waals surface area contributed by atoms with Crippen LogP contribution in [-0.2, 0) is 11.3 Å². The van der Waals surface area contributed by atoms with Crippen LogP contribution in [0.5, 0.6) is 0 Å². The monoisotopic (exact) mass is 180 g/mol. The predicted molar refractivity (Wildman–Crippen MR) is 46.7 cm³/mol. The van der Waals surface area contributed by atoms with Gasteiger partial charge >= 0.3 is 0 Å². The van der Waals surface area contributed by atoms with Gasteiger partial charge in [0.05, 0.1) is 6.61 Å². The summed E-state index contributed by atoms with van der Waals surface area (Å²) in [6.07, 6.45) is 0.953. The number of hydrogen-bond donors (Lipinski definition) is 0. The van der Waals surface area contributed by atoms with Gasteiger partial charge in [0, 0.05) is 13.0 Å². The van der Waals surface area contributed by atoms with Crippen LogP contribution in [0.15, 0.2) is 5.57 Å². The van der Waals surface area contributed by atoms with E-state index in [9.17, 15) is 0 Å². The molecule has 1 aliphatic rings. The molecule has 70 valence electrons. The maximum atomic E-state index is 5.57. The third-order valence-electron chi connectivity index (χ3n) is 1.95. The summed E-state index contributed by atoms with van der Waals surface area (Å²) in [6.45, 7) is 5.56. The highest BCUT2D eigenvalue weighted by atomic mass is 16.5. The Morgan fingerprint density at radius 1 is 1.46 bits per heavy atom. The fraction of sp³-hybridized carbons (Fsp3) is 0.625. The van der Waals surface area contributed by atoms with Gasteiger partial charge in [0.25, 0.3) is 0 Å². The van der Waals surface area contributed by atoms with Crippen molar-refractivity contribution in [3.63, 3.8) is 0 Å². The quantitative estimate of drug-likeness (QED) is 0.593. The van der Waals surface area contributed by atoms with Gasteiger partial charge in [0.2, 0.25) is 5.82 Å². The average molecular weight is 180 g/mol. The van der Waals surface area contributed by atoms with E-state index in [1.54, 1.807) is 4.68 Å². The Bertz CT molecular complexity index is 338. The number of allylic oxidation sites excluding steroid dienone is 1. The molecule has 0 radical (unpaired) electrons. The van der Waals surface area contributed by atoms with Crippen molar-refractivity contribution in [1.29, 1.82) is 0 Å². The van der Waals surface area contributed by atoms with Crippen molar-refractivity contribution in [2.24, 2.45) is 0 Å². The fourth-order valence-electron chi connectivity index (χ4n) is 1.34. The Hall–Kier alpha value is -1.39. The van der Waals surface area contributed by atoms with E-state index in [-0.39, 0.29) is 0 Å². The molecule has 0 amide bonds. The van der Waals surface area contributed by atoms with E-state index in [0.717, 1.165) is 36.7 Å². The topological polar surface area (TPSA) is 52.8 Å². The van der Waals surface area contributed by atoms with Crippen LogP contribution in [0.25, 0.3) is 5.76 Å². The summed E-state index contributed by atoms with van der Waals surface area (Å²) in [6, 6.07) is 0. The molecule has 0 bridgehead atoms. The molecule has 0 N–H and O–H groups in total. The van der Waals surface area contributed by atoms with Crippen LogP contribution in [0.2, 0.25) is 0 Å². The minimum Gasteiger partial charge on any atom is -0.490 e. The predicted octanol–water partition coefficient (Wildman–Crippen LogP) is 0.844. The molecule has 1 aromatic rings. The summed E-state index contributed by atoms with van der Waals surface area (Å²) in [5, 5.41) is 11.5. The Balaban J connectivity index is 2.48. The van der Waals surface area contributed by atoms with Crippen molar-refractivity contribution < 1.29 is 4.74 Å². The molecule has 0 atom stereocenters. The second-order valence-corrected chi connectivity index (χ2v) is 3.26. The minimum absolute atomic E-state index is 0.728. The summed E-state index contributed by atoms with van der Waals surface area (Å²) in [7, 11) is 0. The van der Waals surface area contributed by atoms with Crippen LogP contribution in [0.3, 0.4) is 0 Å². The van der Waals surface area contributed by atoms with Gasteiger partial charge in [-0.05, 0) is 29.8 Å². The van der Waals surface area contributed by atoms with Crippen LogP contribution in [0.4, 0.5) is 0 Å². The Morgan fingerprint density at radius 2 is 2.31 bits per heavy atom. The summed E-state index contributed by atoms with van der Waals surface area (Å²) in [5.74, 6) is 1.57. The zero-order chi connectivity index (χ0) is 9.26. The molecule has 2 rings (SSSR count). The molecule has 0 spiro atoms. The first kappa shape index (κ1) is 8.22. The number of ether oxygens (including phenoxy) is 1. The number of hydrogen-bond acceptors (Lipinski definition) is 4. The largest absolute Gasteiger partial charge is 0.490 e. The molecule has 5 heteroatoms. The fourth-order valence-corrected chi connectivity index (χ4v) is 1.34. The van der Waals surface area contributed by atoms with E-state index in [2.05, 4.69) is 15.5 Å². The first-order chi connectivity index (χ1) is 6.29. The third-order valence-corrected chi connectivity index (χ3v) is 1.95. The van der Waals surface area contributed by atoms with Gasteiger partial charge < -0.3 is 4.74 Å². The van der Waals surface area contributed by atoms with Crippen molar-refractivity contribution in [2.45, 2.75) is 26.8 Å². The normalized spacial score (nSPS) is 16.0. The molecule has 0 aromatic carbocycles. The number of rotatable bonds is 0. The zero-order valence-corrected chi connectivity index (χ0v) is 7.82. The highest BCUT2D eigenvalue weighted by molar-refractivity contribution is 5.55. The van der Waals surface area contributed by atoms with E-state index in [4.69, 9.17) is 4.74 Å². The molecule has 0 saturated carbocycles. The first-order valence-electron chi connectivity index (χ1n) is 4.36. The second kappa shape index (κ2) is 3.16. The van der Waals surface area contributed by atoms with Gasteiger partial charge in [0.15, 0.2) is 5.76 Å². The van der Waals surface area contributed by atoms with E-state index < -0.39 is 0 Å². The van der Waals surface area contributed by atoms with E-state index >= 15 is 0 Å². The zero-order valence-electron chi connectivity index (χ0n) is 7.82. The molecule has 5 nitrogen and oxygen atoms in total. The van der Waals surface area contributed by atoms with Gasteiger partial charge in [-0.2, -0.15) is 0 Å². The van der Waals surface area contributed by atoms with Gasteiger partial charge in [0.1, 0.15) is 0 Å². The average Bonchev–Trinajstić information content (AvgIpc) is 2.44. The summed E-state index contributed by atoms with van der Waals surface area (Å²) in [5.41, 5.74) is 1.11. The van der Waals surface area contributed by atoms with Crippen molar-refractivity contribution in [3.05, 3.63) is 11.4 Å². The van der Waals surface area contributed by atoms with Gasteiger partial charge in [-0.3, -0.25) is 0 Å². The highest BCUT2D eigenvalue weighted by Crippen LogP contribution is 2.20. The summed E-state index contributed by atoms with van der Waals surface area (Å²) in [4.78, 5) is 0. The van der Waals surface area contributed by atoms with Crippen molar-refractivity contribution in [3.8, 4) is 0 Å². The first-order valence-corrected chi connectivity index (χ1v) is 4.36. The molecule has 0 saturated heterocycles. The lowest BCUT2D eigenvalue weighted by molar-refractivity contribution is 0.271. The van der Waals surface area contributed by atoms with Gasteiger partial charge in [-0.25, -0.2) is 4.68 Å². The molecular formula is C8H12N4O. The lowest BCUT2D eigenvalue weighted by Gasteiger charge is -2.05. The standard InChI is InChI=1S/C8H12N4O/c1-6(2)7-8-9-10-11-12(8)4-3-5-13-7/h3-5H2,1-2H3. The molecule has 1 aromatic heterocycles. The molecular weight excluding hydrogens is 168 g/mol. The third kappa shape index (κ3) is 1.41. The molecule has 1 aliphatic heterocycles. The number of fused-ring (bicyclic) bond motifs is 1. The summed E-state index contributed by atoms with van der Waals surface area (Å²) < 4.78 is 7.35. The van der Waals surface area contributed by atoms with Gasteiger partial charge in [-0.15, -0.1) is 5.10 Å². The number of aryl methyl sites for hydroxylation is 1. The second-order valence-electron chi connectivity index (χ2n) is 3.26. The van der Waals surface area contributed by atoms with Crippen LogP contribution >= 0.6 is 0 Å². The number of nitrogens with zero attached hydrogens (tertiary/aromatic N) is 4. The number of aromatic nitrogens is 4. The number of tetrazole rings is 1. The van der Waals surface area contributed by atoms with E-state index in [1.165, 1.54) is 0 Å². The van der Waals surface area contributed by atoms with Crippen molar-refractivity contribution in [1.82, 2.24) is 20.2 Å². The maximum absolute atomic E-state index is 5.57. The SMILES string of the molecule is CC(C)=C1OCCCn2nnnc21. The Labute approximate surface area is 76.4 Å². The molecule has 0 fully saturated rings. The minimum atomic E-state index is 0.728. The van der Waals surface area contributed by atoms with Crippen LogP contribution in [0.1, 0.15) is 26.1 Å². The van der Waals surface area contributed by atoms with Crippen LogP contribution < -0.4 is 0 Å². The van der Waals surface area contributed by atoms with Crippen LogP contribution in [0, 0.1) is 0 Å². The molecule has 13 heavy (non-hydrogen) atoms. The van der Waals surface area contributed by atoms with E-state index in [1.807, 2.05) is 13.8 Å². The van der Waals surface area contributed by atoms with E-state index in [0.29, 0.717) is 0 Å². The smallest absolute Gasteiger partial charge is 0.217 e. The molecule has 2 heterocycles. The maximum Gasteiger partial charge on any atom is 0.217 e. The lowest BCUT2D eigenvalue weighted by Crippen LogP contribution is -2.02. The lowest BCUT2D eigenvalue weighted by atomic mass is 10.3. The molecule has 0 unspecified atom stereocenters. The van der Waals surface area contributed by atoms with Crippen molar-refractivity contribution >= 4 is 5.76 Å². The Morgan fingerprint density at radius 3 is 3.08 bits per heavy atom.